The van der Waals surface area contributed by atoms with Gasteiger partial charge in [-0.05, 0) is 31.0 Å². The maximum absolute atomic E-state index is 11.5. The summed E-state index contributed by atoms with van der Waals surface area (Å²) in [6.07, 6.45) is 2.28. The van der Waals surface area contributed by atoms with Crippen LogP contribution in [0.3, 0.4) is 0 Å². The molecule has 0 heterocycles. The molecule has 7 heteroatoms. The third-order valence-electron chi connectivity index (χ3n) is 2.71. The van der Waals surface area contributed by atoms with Gasteiger partial charge in [-0.25, -0.2) is 0 Å². The van der Waals surface area contributed by atoms with E-state index in [9.17, 15) is 4.79 Å². The first kappa shape index (κ1) is 20.3. The van der Waals surface area contributed by atoms with Crippen LogP contribution in [0, 0.1) is 0 Å². The lowest BCUT2D eigenvalue weighted by molar-refractivity contribution is -0.122. The van der Waals surface area contributed by atoms with Gasteiger partial charge in [0.2, 0.25) is 5.91 Å². The fourth-order valence-electron chi connectivity index (χ4n) is 1.63. The van der Waals surface area contributed by atoms with Gasteiger partial charge in [-0.2, -0.15) is 0 Å². The number of amides is 1. The molecule has 0 bridgehead atoms. The molecule has 1 unspecified atom stereocenters. The second kappa shape index (κ2) is 11.0. The molecule has 0 saturated carbocycles. The Morgan fingerprint density at radius 3 is 2.76 bits per heavy atom. The molecule has 0 saturated heterocycles. The summed E-state index contributed by atoms with van der Waals surface area (Å²) in [7, 11) is 0. The van der Waals surface area contributed by atoms with Crippen molar-refractivity contribution in [2.75, 3.05) is 13.2 Å². The fourth-order valence-corrected chi connectivity index (χ4v) is 2.09. The number of halogens is 3. The SMILES string of the molecule is CCCC(N)C(=O)NCCCOc1ccc(Cl)cc1Cl.Cl. The van der Waals surface area contributed by atoms with E-state index in [1.807, 2.05) is 6.92 Å². The van der Waals surface area contributed by atoms with Crippen molar-refractivity contribution in [2.24, 2.45) is 5.73 Å². The zero-order valence-corrected chi connectivity index (χ0v) is 14.2. The van der Waals surface area contributed by atoms with Crippen molar-refractivity contribution in [1.82, 2.24) is 5.32 Å². The summed E-state index contributed by atoms with van der Waals surface area (Å²) in [6, 6.07) is 4.64. The monoisotopic (exact) mass is 354 g/mol. The van der Waals surface area contributed by atoms with Crippen molar-refractivity contribution in [3.05, 3.63) is 28.2 Å². The number of ether oxygens (including phenoxy) is 1. The highest BCUT2D eigenvalue weighted by atomic mass is 35.5. The topological polar surface area (TPSA) is 64.4 Å². The molecule has 0 aliphatic rings. The van der Waals surface area contributed by atoms with E-state index < -0.39 is 6.04 Å². The molecule has 0 radical (unpaired) electrons. The van der Waals surface area contributed by atoms with Crippen LogP contribution in [0.5, 0.6) is 5.75 Å². The van der Waals surface area contributed by atoms with E-state index in [4.69, 9.17) is 33.7 Å². The van der Waals surface area contributed by atoms with E-state index in [1.165, 1.54) is 0 Å². The molecule has 3 N–H and O–H groups in total. The zero-order chi connectivity index (χ0) is 15.0. The summed E-state index contributed by atoms with van der Waals surface area (Å²) in [5, 5.41) is 3.83. The number of hydrogen-bond donors (Lipinski definition) is 2. The zero-order valence-electron chi connectivity index (χ0n) is 11.9. The van der Waals surface area contributed by atoms with Gasteiger partial charge < -0.3 is 15.8 Å². The van der Waals surface area contributed by atoms with Gasteiger partial charge in [-0.3, -0.25) is 4.79 Å². The molecule has 120 valence electrons. The van der Waals surface area contributed by atoms with Crippen LogP contribution in [0.2, 0.25) is 10.0 Å². The van der Waals surface area contributed by atoms with E-state index in [0.717, 1.165) is 6.42 Å². The molecular weight excluding hydrogens is 335 g/mol. The van der Waals surface area contributed by atoms with Gasteiger partial charge in [0.15, 0.2) is 0 Å². The van der Waals surface area contributed by atoms with Crippen LogP contribution < -0.4 is 15.8 Å². The molecule has 1 aromatic carbocycles. The molecule has 1 aromatic rings. The lowest BCUT2D eigenvalue weighted by atomic mass is 10.2. The van der Waals surface area contributed by atoms with E-state index in [0.29, 0.717) is 41.8 Å². The number of nitrogens with one attached hydrogen (secondary N) is 1. The number of nitrogens with two attached hydrogens (primary N) is 1. The Bertz CT molecular complexity index is 444. The Kier molecular flexibility index (Phi) is 10.6. The third kappa shape index (κ3) is 7.77. The van der Waals surface area contributed by atoms with E-state index in [1.54, 1.807) is 18.2 Å². The molecule has 21 heavy (non-hydrogen) atoms. The first-order valence-electron chi connectivity index (χ1n) is 6.65. The Hall–Kier alpha value is -0.680. The average molecular weight is 356 g/mol. The Morgan fingerprint density at radius 2 is 2.14 bits per heavy atom. The van der Waals surface area contributed by atoms with Gasteiger partial charge in [0.25, 0.3) is 0 Å². The minimum Gasteiger partial charge on any atom is -0.492 e. The highest BCUT2D eigenvalue weighted by Gasteiger charge is 2.10. The molecule has 0 aromatic heterocycles. The molecular formula is C14H21Cl3N2O2. The van der Waals surface area contributed by atoms with Gasteiger partial charge in [0.05, 0.1) is 17.7 Å². The Balaban J connectivity index is 0.00000400. The molecule has 1 rings (SSSR count). The van der Waals surface area contributed by atoms with Gasteiger partial charge in [-0.15, -0.1) is 12.4 Å². The minimum atomic E-state index is -0.424. The molecule has 1 atom stereocenters. The molecule has 0 fully saturated rings. The van der Waals surface area contributed by atoms with Crippen molar-refractivity contribution in [1.29, 1.82) is 0 Å². The highest BCUT2D eigenvalue weighted by Crippen LogP contribution is 2.27. The molecule has 0 spiro atoms. The normalized spacial score (nSPS) is 11.4. The number of carbonyl (C=O) groups excluding carboxylic acids is 1. The third-order valence-corrected chi connectivity index (χ3v) is 3.24. The van der Waals surface area contributed by atoms with Crippen molar-refractivity contribution in [3.63, 3.8) is 0 Å². The summed E-state index contributed by atoms with van der Waals surface area (Å²) in [5.74, 6) is 0.474. The van der Waals surface area contributed by atoms with Crippen LogP contribution in [0.25, 0.3) is 0 Å². The summed E-state index contributed by atoms with van der Waals surface area (Å²) in [4.78, 5) is 11.5. The number of benzene rings is 1. The second-order valence-electron chi connectivity index (χ2n) is 4.46. The van der Waals surface area contributed by atoms with Crippen molar-refractivity contribution < 1.29 is 9.53 Å². The molecule has 0 aliphatic carbocycles. The van der Waals surface area contributed by atoms with E-state index >= 15 is 0 Å². The highest BCUT2D eigenvalue weighted by molar-refractivity contribution is 6.35. The van der Waals surface area contributed by atoms with Gasteiger partial charge >= 0.3 is 0 Å². The molecule has 0 aliphatic heterocycles. The second-order valence-corrected chi connectivity index (χ2v) is 5.31. The lowest BCUT2D eigenvalue weighted by Crippen LogP contribution is -2.41. The Labute approximate surface area is 141 Å². The fraction of sp³-hybridized carbons (Fsp3) is 0.500. The summed E-state index contributed by atoms with van der Waals surface area (Å²) in [6.45, 7) is 2.99. The van der Waals surface area contributed by atoms with Gasteiger partial charge in [0, 0.05) is 11.6 Å². The van der Waals surface area contributed by atoms with Crippen LogP contribution >= 0.6 is 35.6 Å². The lowest BCUT2D eigenvalue weighted by Gasteiger charge is -2.12. The van der Waals surface area contributed by atoms with E-state index in [-0.39, 0.29) is 18.3 Å². The minimum absolute atomic E-state index is 0. The molecule has 4 nitrogen and oxygen atoms in total. The Morgan fingerprint density at radius 1 is 1.43 bits per heavy atom. The largest absolute Gasteiger partial charge is 0.492 e. The first-order valence-corrected chi connectivity index (χ1v) is 7.41. The van der Waals surface area contributed by atoms with Crippen LogP contribution in [0.15, 0.2) is 18.2 Å². The van der Waals surface area contributed by atoms with Crippen LogP contribution in [-0.4, -0.2) is 25.1 Å². The number of hydrogen-bond acceptors (Lipinski definition) is 3. The number of rotatable bonds is 8. The van der Waals surface area contributed by atoms with E-state index in [2.05, 4.69) is 5.32 Å². The quantitative estimate of drug-likeness (QED) is 0.702. The standard InChI is InChI=1S/C14H20Cl2N2O2.ClH/c1-2-4-12(17)14(19)18-7-3-8-20-13-6-5-10(15)9-11(13)16;/h5-6,9,12H,2-4,7-8,17H2,1H3,(H,18,19);1H. The van der Waals surface area contributed by atoms with Gasteiger partial charge in [0.1, 0.15) is 5.75 Å². The van der Waals surface area contributed by atoms with Crippen molar-refractivity contribution in [3.8, 4) is 5.75 Å². The predicted molar refractivity (Wildman–Crippen MR) is 89.7 cm³/mol. The number of carbonyl (C=O) groups is 1. The summed E-state index contributed by atoms with van der Waals surface area (Å²) >= 11 is 11.8. The predicted octanol–water partition coefficient (Wildman–Crippen LogP) is 3.43. The van der Waals surface area contributed by atoms with Crippen molar-refractivity contribution >= 4 is 41.5 Å². The van der Waals surface area contributed by atoms with Gasteiger partial charge in [-0.1, -0.05) is 36.5 Å². The maximum atomic E-state index is 11.5. The maximum Gasteiger partial charge on any atom is 0.236 e. The summed E-state index contributed by atoms with van der Waals surface area (Å²) < 4.78 is 5.51. The van der Waals surface area contributed by atoms with Crippen LogP contribution in [-0.2, 0) is 4.79 Å². The van der Waals surface area contributed by atoms with Crippen LogP contribution in [0.1, 0.15) is 26.2 Å². The van der Waals surface area contributed by atoms with Crippen molar-refractivity contribution in [2.45, 2.75) is 32.2 Å². The smallest absolute Gasteiger partial charge is 0.236 e. The van der Waals surface area contributed by atoms with Crippen LogP contribution in [0.4, 0.5) is 0 Å². The molecule has 1 amide bonds. The first-order chi connectivity index (χ1) is 9.54. The average Bonchev–Trinajstić information content (AvgIpc) is 2.40. The summed E-state index contributed by atoms with van der Waals surface area (Å²) in [5.41, 5.74) is 5.69.